The summed E-state index contributed by atoms with van der Waals surface area (Å²) in [5, 5.41) is 20.9. The Morgan fingerprint density at radius 2 is 2.12 bits per heavy atom. The summed E-state index contributed by atoms with van der Waals surface area (Å²) in [4.78, 5) is 23.8. The zero-order chi connectivity index (χ0) is 13.0. The van der Waals surface area contributed by atoms with E-state index in [1.165, 1.54) is 0 Å². The zero-order valence-corrected chi connectivity index (χ0v) is 10.0. The maximum atomic E-state index is 11.7. The number of carbonyl (C=O) groups excluding carboxylic acids is 1. The molecule has 1 aliphatic rings. The number of nitrogens with one attached hydrogen (secondary N) is 1. The molecule has 17 heavy (non-hydrogen) atoms. The van der Waals surface area contributed by atoms with Crippen molar-refractivity contribution < 1.29 is 19.8 Å². The summed E-state index contributed by atoms with van der Waals surface area (Å²) in [6.07, 6.45) is 1.16. The minimum Gasteiger partial charge on any atom is -0.480 e. The van der Waals surface area contributed by atoms with Gasteiger partial charge in [0.2, 0.25) is 0 Å². The van der Waals surface area contributed by atoms with Crippen molar-refractivity contribution in [3.05, 3.63) is 11.6 Å². The van der Waals surface area contributed by atoms with Crippen LogP contribution in [0.4, 0.5) is 4.79 Å². The molecule has 0 aromatic carbocycles. The van der Waals surface area contributed by atoms with E-state index in [1.54, 1.807) is 0 Å². The van der Waals surface area contributed by atoms with Crippen molar-refractivity contribution in [2.75, 3.05) is 13.1 Å². The van der Waals surface area contributed by atoms with E-state index in [-0.39, 0.29) is 13.0 Å². The van der Waals surface area contributed by atoms with Gasteiger partial charge < -0.3 is 20.4 Å². The number of urea groups is 1. The number of β-amino-alcohol motifs (C(OH)–C–C–N with tert-alkyl or cyclic N) is 1. The number of allylic oxidation sites excluding steroid dienone is 1. The molecule has 1 saturated heterocycles. The first-order valence-corrected chi connectivity index (χ1v) is 5.50. The lowest BCUT2D eigenvalue weighted by atomic mass is 10.2. The lowest BCUT2D eigenvalue weighted by Gasteiger charge is -2.21. The number of hydrogen-bond donors (Lipinski definition) is 3. The highest BCUT2D eigenvalue weighted by atomic mass is 16.4. The Morgan fingerprint density at radius 1 is 1.47 bits per heavy atom. The van der Waals surface area contributed by atoms with Crippen molar-refractivity contribution in [1.29, 1.82) is 0 Å². The monoisotopic (exact) mass is 242 g/mol. The molecular weight excluding hydrogens is 224 g/mol. The molecule has 0 aromatic heterocycles. The predicted octanol–water partition coefficient (Wildman–Crippen LogP) is 0.182. The van der Waals surface area contributed by atoms with E-state index in [9.17, 15) is 14.7 Å². The van der Waals surface area contributed by atoms with Gasteiger partial charge in [-0.3, -0.25) is 0 Å². The van der Waals surface area contributed by atoms with Crippen LogP contribution >= 0.6 is 0 Å². The van der Waals surface area contributed by atoms with Crippen molar-refractivity contribution in [3.8, 4) is 0 Å². The van der Waals surface area contributed by atoms with E-state index in [0.29, 0.717) is 6.54 Å². The number of aliphatic hydroxyl groups excluding tert-OH is 1. The fourth-order valence-electron chi connectivity index (χ4n) is 1.72. The average Bonchev–Trinajstić information content (AvgIpc) is 2.59. The Bertz CT molecular complexity index is 336. The number of likely N-dealkylation sites (tertiary alicyclic amines) is 1. The zero-order valence-electron chi connectivity index (χ0n) is 10.0. The van der Waals surface area contributed by atoms with Gasteiger partial charge in [0.05, 0.1) is 6.10 Å². The number of carbonyl (C=O) groups is 2. The molecule has 6 heteroatoms. The first kappa shape index (κ1) is 13.5. The number of aliphatic carboxylic acids is 1. The molecule has 1 rings (SSSR count). The van der Waals surface area contributed by atoms with Crippen LogP contribution < -0.4 is 5.32 Å². The van der Waals surface area contributed by atoms with E-state index in [2.05, 4.69) is 5.32 Å². The van der Waals surface area contributed by atoms with E-state index >= 15 is 0 Å². The first-order chi connectivity index (χ1) is 7.91. The van der Waals surface area contributed by atoms with Crippen LogP contribution in [-0.2, 0) is 4.79 Å². The molecule has 0 bridgehead atoms. The Kier molecular flexibility index (Phi) is 4.51. The van der Waals surface area contributed by atoms with Crippen LogP contribution in [0.1, 0.15) is 20.3 Å². The van der Waals surface area contributed by atoms with E-state index < -0.39 is 24.1 Å². The average molecular weight is 242 g/mol. The summed E-state index contributed by atoms with van der Waals surface area (Å²) >= 11 is 0. The summed E-state index contributed by atoms with van der Waals surface area (Å²) in [5.74, 6) is -1.08. The molecule has 1 aliphatic heterocycles. The Labute approximate surface area is 99.9 Å². The van der Waals surface area contributed by atoms with Gasteiger partial charge in [-0.05, 0) is 13.8 Å². The maximum Gasteiger partial charge on any atom is 0.326 e. The van der Waals surface area contributed by atoms with Gasteiger partial charge in [0, 0.05) is 19.5 Å². The summed E-state index contributed by atoms with van der Waals surface area (Å²) in [5.41, 5.74) is 1.07. The lowest BCUT2D eigenvalue weighted by Crippen LogP contribution is -2.46. The molecule has 0 saturated carbocycles. The molecule has 2 atom stereocenters. The Hall–Kier alpha value is -1.56. The van der Waals surface area contributed by atoms with Crippen LogP contribution in [0.2, 0.25) is 0 Å². The Balaban J connectivity index is 2.55. The minimum atomic E-state index is -1.08. The molecule has 0 unspecified atom stereocenters. The fraction of sp³-hybridized carbons (Fsp3) is 0.636. The third-order valence-corrected chi connectivity index (χ3v) is 2.59. The molecule has 1 fully saturated rings. The molecule has 1 heterocycles. The van der Waals surface area contributed by atoms with Crippen LogP contribution in [0.15, 0.2) is 11.6 Å². The second-order valence-corrected chi connectivity index (χ2v) is 4.36. The molecule has 2 amide bonds. The number of aliphatic hydroxyl groups is 1. The normalized spacial score (nSPS) is 23.4. The second kappa shape index (κ2) is 5.67. The van der Waals surface area contributed by atoms with Crippen molar-refractivity contribution in [3.63, 3.8) is 0 Å². The second-order valence-electron chi connectivity index (χ2n) is 4.36. The fourth-order valence-corrected chi connectivity index (χ4v) is 1.72. The quantitative estimate of drug-likeness (QED) is 0.616. The molecule has 0 spiro atoms. The molecular formula is C11H18N2O4. The van der Waals surface area contributed by atoms with Crippen molar-refractivity contribution in [2.45, 2.75) is 32.4 Å². The minimum absolute atomic E-state index is 0.0671. The number of carboxylic acid groups (broad SMARTS) is 1. The third-order valence-electron chi connectivity index (χ3n) is 2.59. The summed E-state index contributed by atoms with van der Waals surface area (Å²) in [6.45, 7) is 4.25. The van der Waals surface area contributed by atoms with Gasteiger partial charge in [-0.2, -0.15) is 0 Å². The smallest absolute Gasteiger partial charge is 0.326 e. The largest absolute Gasteiger partial charge is 0.480 e. The number of rotatable bonds is 3. The van der Waals surface area contributed by atoms with E-state index in [1.807, 2.05) is 19.9 Å². The number of hydrogen-bond acceptors (Lipinski definition) is 3. The van der Waals surface area contributed by atoms with Gasteiger partial charge >= 0.3 is 12.0 Å². The summed E-state index contributed by atoms with van der Waals surface area (Å²) in [7, 11) is 0. The number of carboxylic acids is 1. The van der Waals surface area contributed by atoms with Gasteiger partial charge in [0.1, 0.15) is 6.04 Å². The number of amides is 2. The van der Waals surface area contributed by atoms with Gasteiger partial charge in [0.15, 0.2) is 0 Å². The third kappa shape index (κ3) is 3.74. The first-order valence-electron chi connectivity index (χ1n) is 5.50. The predicted molar refractivity (Wildman–Crippen MR) is 61.6 cm³/mol. The molecule has 0 aromatic rings. The Morgan fingerprint density at radius 3 is 2.65 bits per heavy atom. The van der Waals surface area contributed by atoms with Crippen LogP contribution in [0.25, 0.3) is 0 Å². The molecule has 3 N–H and O–H groups in total. The van der Waals surface area contributed by atoms with Gasteiger partial charge in [0.25, 0.3) is 0 Å². The van der Waals surface area contributed by atoms with E-state index in [4.69, 9.17) is 5.11 Å². The number of nitrogens with zero attached hydrogens (tertiary/aromatic N) is 1. The highest BCUT2D eigenvalue weighted by molar-refractivity contribution is 5.83. The van der Waals surface area contributed by atoms with Crippen LogP contribution in [0, 0.1) is 0 Å². The van der Waals surface area contributed by atoms with E-state index in [0.717, 1.165) is 10.5 Å². The topological polar surface area (TPSA) is 89.9 Å². The van der Waals surface area contributed by atoms with Crippen molar-refractivity contribution >= 4 is 12.0 Å². The molecule has 6 nitrogen and oxygen atoms in total. The lowest BCUT2D eigenvalue weighted by molar-refractivity contribution is -0.141. The molecule has 0 radical (unpaired) electrons. The molecule has 96 valence electrons. The van der Waals surface area contributed by atoms with Crippen LogP contribution in [0.5, 0.6) is 0 Å². The molecule has 0 aliphatic carbocycles. The van der Waals surface area contributed by atoms with Gasteiger partial charge in [-0.15, -0.1) is 0 Å². The van der Waals surface area contributed by atoms with Crippen LogP contribution in [-0.4, -0.2) is 52.3 Å². The highest BCUT2D eigenvalue weighted by Gasteiger charge is 2.38. The summed E-state index contributed by atoms with van der Waals surface area (Å²) < 4.78 is 0. The standard InChI is InChI=1S/C11H18N2O4/c1-7(2)3-4-12-11(17)13-6-8(14)5-9(13)10(15)16/h3,8-9,14H,4-6H2,1-2H3,(H,12,17)(H,15,16)/t8-,9-/m1/s1. The highest BCUT2D eigenvalue weighted by Crippen LogP contribution is 2.17. The van der Waals surface area contributed by atoms with Gasteiger partial charge in [-0.25, -0.2) is 9.59 Å². The van der Waals surface area contributed by atoms with Gasteiger partial charge in [-0.1, -0.05) is 11.6 Å². The van der Waals surface area contributed by atoms with Crippen molar-refractivity contribution in [2.24, 2.45) is 0 Å². The SMILES string of the molecule is CC(C)=CCNC(=O)N1C[C@H](O)C[C@@H]1C(=O)O. The van der Waals surface area contributed by atoms with Crippen molar-refractivity contribution in [1.82, 2.24) is 10.2 Å². The van der Waals surface area contributed by atoms with Crippen LogP contribution in [0.3, 0.4) is 0 Å². The maximum absolute atomic E-state index is 11.7. The summed E-state index contributed by atoms with van der Waals surface area (Å²) in [6, 6.07) is -1.39.